The number of hydrogen-bond donors (Lipinski definition) is 0. The lowest BCUT2D eigenvalue weighted by molar-refractivity contribution is -0.167. The first-order chi connectivity index (χ1) is 36.0. The lowest BCUT2D eigenvalue weighted by Gasteiger charge is -2.18. The van der Waals surface area contributed by atoms with Crippen molar-refractivity contribution < 1.29 is 28.6 Å². The van der Waals surface area contributed by atoms with E-state index in [9.17, 15) is 14.4 Å². The molecule has 0 N–H and O–H groups in total. The maximum absolute atomic E-state index is 12.8. The summed E-state index contributed by atoms with van der Waals surface area (Å²) in [5.41, 5.74) is 0. The molecule has 0 fully saturated rings. The molecule has 0 amide bonds. The lowest BCUT2D eigenvalue weighted by Crippen LogP contribution is -2.30. The Labute approximate surface area is 448 Å². The Morgan fingerprint density at radius 1 is 0.288 bits per heavy atom. The van der Waals surface area contributed by atoms with Crippen LogP contribution in [0.1, 0.15) is 239 Å². The standard InChI is InChI=1S/C67H106O6/c1-4-7-10-13-16-19-22-25-28-31-32-33-34-37-39-42-45-48-51-54-57-60-66(69)72-63-64(73-67(70)61-58-55-52-49-46-43-40-36-30-27-24-21-18-15-12-9-6-3)62-71-65(68)59-56-53-50-47-44-41-38-35-29-26-23-20-17-14-11-8-5-2/h8-9,11-12,17-18,20-22,25-27,29-32,34,37-38,40-41,43,49,52,64H,4-7,10,13-16,19,23-24,28,33,35-36,39,42,44-48,50-51,53-63H2,1-3H3/b11-8-,12-9-,20-17-,21-18-,25-22-,29-26-,30-27-,32-31-,37-34-,41-38-,43-40-,52-49-. The van der Waals surface area contributed by atoms with Gasteiger partial charge in [0.15, 0.2) is 6.10 Å². The van der Waals surface area contributed by atoms with E-state index in [0.29, 0.717) is 19.3 Å². The van der Waals surface area contributed by atoms with Gasteiger partial charge in [0.2, 0.25) is 0 Å². The molecule has 0 aliphatic carbocycles. The van der Waals surface area contributed by atoms with Crippen molar-refractivity contribution in [2.75, 3.05) is 13.2 Å². The van der Waals surface area contributed by atoms with Gasteiger partial charge in [-0.05, 0) is 135 Å². The minimum Gasteiger partial charge on any atom is -0.462 e. The molecule has 0 aromatic carbocycles. The first-order valence-corrected chi connectivity index (χ1v) is 29.3. The smallest absolute Gasteiger partial charge is 0.306 e. The summed E-state index contributed by atoms with van der Waals surface area (Å²) >= 11 is 0. The van der Waals surface area contributed by atoms with Crippen LogP contribution in [-0.2, 0) is 28.6 Å². The normalized spacial score (nSPS) is 13.2. The highest BCUT2D eigenvalue weighted by atomic mass is 16.6. The van der Waals surface area contributed by atoms with Crippen molar-refractivity contribution in [3.8, 4) is 0 Å². The molecular formula is C67H106O6. The van der Waals surface area contributed by atoms with Crippen molar-refractivity contribution in [2.45, 2.75) is 245 Å². The molecule has 0 rings (SSSR count). The molecule has 0 spiro atoms. The molecule has 73 heavy (non-hydrogen) atoms. The van der Waals surface area contributed by atoms with E-state index in [1.165, 1.54) is 51.4 Å². The Hall–Kier alpha value is -4.71. The Kier molecular flexibility index (Phi) is 56.0. The van der Waals surface area contributed by atoms with Crippen LogP contribution in [0, 0.1) is 0 Å². The zero-order chi connectivity index (χ0) is 52.9. The molecule has 0 aromatic heterocycles. The Bertz CT molecular complexity index is 1630. The van der Waals surface area contributed by atoms with E-state index in [-0.39, 0.29) is 37.5 Å². The molecule has 0 saturated carbocycles. The summed E-state index contributed by atoms with van der Waals surface area (Å²) in [6, 6.07) is 0. The van der Waals surface area contributed by atoms with Crippen LogP contribution in [0.4, 0.5) is 0 Å². The highest BCUT2D eigenvalue weighted by Gasteiger charge is 2.19. The van der Waals surface area contributed by atoms with Gasteiger partial charge in [0, 0.05) is 19.3 Å². The second-order valence-electron chi connectivity index (χ2n) is 18.8. The van der Waals surface area contributed by atoms with Crippen LogP contribution in [0.2, 0.25) is 0 Å². The predicted molar refractivity (Wildman–Crippen MR) is 315 cm³/mol. The zero-order valence-corrected chi connectivity index (χ0v) is 46.8. The van der Waals surface area contributed by atoms with Crippen molar-refractivity contribution in [2.24, 2.45) is 0 Å². The Morgan fingerprint density at radius 3 is 0.877 bits per heavy atom. The molecule has 0 aliphatic heterocycles. The third kappa shape index (κ3) is 58.1. The van der Waals surface area contributed by atoms with Crippen LogP contribution in [0.25, 0.3) is 0 Å². The second kappa shape index (κ2) is 59.8. The molecule has 0 heterocycles. The largest absolute Gasteiger partial charge is 0.462 e. The molecule has 0 aromatic rings. The first kappa shape index (κ1) is 68.3. The van der Waals surface area contributed by atoms with Gasteiger partial charge in [-0.25, -0.2) is 0 Å². The van der Waals surface area contributed by atoms with Crippen molar-refractivity contribution >= 4 is 17.9 Å². The molecule has 6 nitrogen and oxygen atoms in total. The van der Waals surface area contributed by atoms with Gasteiger partial charge in [0.25, 0.3) is 0 Å². The van der Waals surface area contributed by atoms with Gasteiger partial charge in [0.1, 0.15) is 13.2 Å². The summed E-state index contributed by atoms with van der Waals surface area (Å²) in [7, 11) is 0. The Balaban J connectivity index is 4.55. The summed E-state index contributed by atoms with van der Waals surface area (Å²) in [5, 5.41) is 0. The summed E-state index contributed by atoms with van der Waals surface area (Å²) in [6.45, 7) is 6.31. The monoisotopic (exact) mass is 1010 g/mol. The van der Waals surface area contributed by atoms with Crippen LogP contribution in [0.5, 0.6) is 0 Å². The molecule has 1 atom stereocenters. The number of esters is 3. The van der Waals surface area contributed by atoms with Crippen molar-refractivity contribution in [1.82, 2.24) is 0 Å². The average molecular weight is 1010 g/mol. The van der Waals surface area contributed by atoms with Gasteiger partial charge in [0.05, 0.1) is 0 Å². The predicted octanol–water partition coefficient (Wildman–Crippen LogP) is 20.0. The van der Waals surface area contributed by atoms with E-state index in [1.807, 2.05) is 0 Å². The summed E-state index contributed by atoms with van der Waals surface area (Å²) in [4.78, 5) is 38.2. The minimum atomic E-state index is -0.831. The fraction of sp³-hybridized carbons (Fsp3) is 0.597. The van der Waals surface area contributed by atoms with Crippen LogP contribution in [0.15, 0.2) is 146 Å². The average Bonchev–Trinajstić information content (AvgIpc) is 3.39. The number of ether oxygens (including phenoxy) is 3. The summed E-state index contributed by atoms with van der Waals surface area (Å²) in [6.07, 6.45) is 85.5. The number of unbranched alkanes of at least 4 members (excludes halogenated alkanes) is 16. The van der Waals surface area contributed by atoms with Crippen molar-refractivity contribution in [3.05, 3.63) is 146 Å². The van der Waals surface area contributed by atoms with Gasteiger partial charge >= 0.3 is 17.9 Å². The fourth-order valence-corrected chi connectivity index (χ4v) is 7.47. The fourth-order valence-electron chi connectivity index (χ4n) is 7.47. The quantitative estimate of drug-likeness (QED) is 0.0261. The van der Waals surface area contributed by atoms with Gasteiger partial charge in [-0.1, -0.05) is 231 Å². The zero-order valence-electron chi connectivity index (χ0n) is 46.8. The third-order valence-electron chi connectivity index (χ3n) is 11.8. The van der Waals surface area contributed by atoms with E-state index < -0.39 is 6.10 Å². The van der Waals surface area contributed by atoms with E-state index in [1.54, 1.807) is 0 Å². The van der Waals surface area contributed by atoms with E-state index >= 15 is 0 Å². The molecule has 6 heteroatoms. The topological polar surface area (TPSA) is 78.9 Å². The number of carbonyl (C=O) groups is 3. The lowest BCUT2D eigenvalue weighted by atomic mass is 10.1. The molecule has 0 radical (unpaired) electrons. The highest BCUT2D eigenvalue weighted by Crippen LogP contribution is 2.13. The maximum Gasteiger partial charge on any atom is 0.306 e. The summed E-state index contributed by atoms with van der Waals surface area (Å²) < 4.78 is 16.8. The van der Waals surface area contributed by atoms with Crippen molar-refractivity contribution in [1.29, 1.82) is 0 Å². The molecule has 0 bridgehead atoms. The molecule has 1 unspecified atom stereocenters. The van der Waals surface area contributed by atoms with Crippen LogP contribution in [0.3, 0.4) is 0 Å². The molecule has 0 saturated heterocycles. The minimum absolute atomic E-state index is 0.121. The Morgan fingerprint density at radius 2 is 0.548 bits per heavy atom. The number of carbonyl (C=O) groups excluding carboxylic acids is 3. The van der Waals surface area contributed by atoms with Gasteiger partial charge in [-0.15, -0.1) is 0 Å². The van der Waals surface area contributed by atoms with Crippen LogP contribution >= 0.6 is 0 Å². The number of allylic oxidation sites excluding steroid dienone is 24. The van der Waals surface area contributed by atoms with Crippen molar-refractivity contribution in [3.63, 3.8) is 0 Å². The summed E-state index contributed by atoms with van der Waals surface area (Å²) in [5.74, 6) is -1.02. The molecular weight excluding hydrogens is 901 g/mol. The highest BCUT2D eigenvalue weighted by molar-refractivity contribution is 5.71. The number of rotatable bonds is 51. The molecule has 0 aliphatic rings. The SMILES string of the molecule is CC/C=C\C/C=C\C/C=C\C/C=C\C/C=C\CCCC(=O)OC(COC(=O)CCCCCC/C=C\C/C=C\C/C=C\C/C=C\CC)COC(=O)CCCCCCCC/C=C\C/C=C\C/C=C\CCCCCCC. The van der Waals surface area contributed by atoms with E-state index in [2.05, 4.69) is 167 Å². The third-order valence-corrected chi connectivity index (χ3v) is 11.8. The van der Waals surface area contributed by atoms with Gasteiger partial charge in [-0.3, -0.25) is 14.4 Å². The van der Waals surface area contributed by atoms with Crippen LogP contribution in [-0.4, -0.2) is 37.2 Å². The van der Waals surface area contributed by atoms with E-state index in [4.69, 9.17) is 14.2 Å². The van der Waals surface area contributed by atoms with E-state index in [0.717, 1.165) is 141 Å². The van der Waals surface area contributed by atoms with Gasteiger partial charge in [-0.2, -0.15) is 0 Å². The maximum atomic E-state index is 12.8. The van der Waals surface area contributed by atoms with Gasteiger partial charge < -0.3 is 14.2 Å². The second-order valence-corrected chi connectivity index (χ2v) is 18.8. The number of hydrogen-bond acceptors (Lipinski definition) is 6. The first-order valence-electron chi connectivity index (χ1n) is 29.3. The van der Waals surface area contributed by atoms with Crippen LogP contribution < -0.4 is 0 Å². The molecule has 410 valence electrons.